The predicted molar refractivity (Wildman–Crippen MR) is 81.3 cm³/mol. The van der Waals surface area contributed by atoms with Crippen molar-refractivity contribution in [1.29, 1.82) is 0 Å². The van der Waals surface area contributed by atoms with Gasteiger partial charge in [-0.25, -0.2) is 0 Å². The Kier molecular flexibility index (Phi) is 2.94. The van der Waals surface area contributed by atoms with Crippen LogP contribution < -0.4 is 0 Å². The predicted octanol–water partition coefficient (Wildman–Crippen LogP) is 3.49. The normalized spacial score (nSPS) is 16.7. The summed E-state index contributed by atoms with van der Waals surface area (Å²) in [5, 5.41) is 16.6. The molecule has 110 valence electrons. The molecule has 3 rings (SSSR count). The van der Waals surface area contributed by atoms with Crippen LogP contribution in [0.5, 0.6) is 0 Å². The molecule has 4 heteroatoms. The Balaban J connectivity index is 1.96. The van der Waals surface area contributed by atoms with Crippen LogP contribution in [-0.2, 0) is 15.6 Å². The van der Waals surface area contributed by atoms with E-state index >= 15 is 0 Å². The summed E-state index contributed by atoms with van der Waals surface area (Å²) in [6, 6.07) is 7.88. The van der Waals surface area contributed by atoms with Crippen molar-refractivity contribution in [2.24, 2.45) is 0 Å². The Morgan fingerprint density at radius 2 is 1.86 bits per heavy atom. The maximum atomic E-state index is 11.4. The number of hydrogen-bond acceptors (Lipinski definition) is 2. The minimum Gasteiger partial charge on any atom is -0.481 e. The zero-order valence-corrected chi connectivity index (χ0v) is 12.6. The zero-order chi connectivity index (χ0) is 15.3. The van der Waals surface area contributed by atoms with Gasteiger partial charge in [0.25, 0.3) is 0 Å². The largest absolute Gasteiger partial charge is 0.481 e. The van der Waals surface area contributed by atoms with Crippen molar-refractivity contribution in [3.8, 4) is 11.1 Å². The fourth-order valence-corrected chi connectivity index (χ4v) is 2.80. The smallest absolute Gasteiger partial charge is 0.314 e. The summed E-state index contributed by atoms with van der Waals surface area (Å²) in [5.41, 5.74) is 3.49. The summed E-state index contributed by atoms with van der Waals surface area (Å²) in [7, 11) is 0. The lowest BCUT2D eigenvalue weighted by molar-refractivity contribution is -0.140. The third kappa shape index (κ3) is 2.24. The number of aromatic amines is 1. The fourth-order valence-electron chi connectivity index (χ4n) is 2.80. The van der Waals surface area contributed by atoms with Crippen LogP contribution in [0.1, 0.15) is 44.9 Å². The average Bonchev–Trinajstić information content (AvgIpc) is 3.08. The van der Waals surface area contributed by atoms with Crippen LogP contribution in [0, 0.1) is 0 Å². The standard InChI is InChI=1S/C17H20N2O2/c1-16(2,3)14-13(10-18-19-14)11-4-6-12(7-5-11)17(8-9-17)15(20)21/h4-7,10H,8-9H2,1-3H3,(H,18,19)(H,20,21). The molecule has 1 aromatic heterocycles. The number of nitrogens with zero attached hydrogens (tertiary/aromatic N) is 1. The average molecular weight is 284 g/mol. The van der Waals surface area contributed by atoms with Crippen LogP contribution in [0.4, 0.5) is 0 Å². The number of carboxylic acids is 1. The maximum Gasteiger partial charge on any atom is 0.314 e. The van der Waals surface area contributed by atoms with E-state index in [1.807, 2.05) is 30.5 Å². The molecule has 1 fully saturated rings. The van der Waals surface area contributed by atoms with E-state index in [2.05, 4.69) is 31.0 Å². The molecule has 2 N–H and O–H groups in total. The van der Waals surface area contributed by atoms with Crippen LogP contribution in [0.15, 0.2) is 30.5 Å². The number of carbonyl (C=O) groups is 1. The van der Waals surface area contributed by atoms with Gasteiger partial charge in [-0.1, -0.05) is 45.0 Å². The van der Waals surface area contributed by atoms with Gasteiger partial charge in [0.2, 0.25) is 0 Å². The van der Waals surface area contributed by atoms with Gasteiger partial charge in [-0.3, -0.25) is 9.89 Å². The molecular formula is C17H20N2O2. The lowest BCUT2D eigenvalue weighted by Crippen LogP contribution is -2.19. The second-order valence-corrected chi connectivity index (χ2v) is 6.87. The second-order valence-electron chi connectivity index (χ2n) is 6.87. The van der Waals surface area contributed by atoms with E-state index in [-0.39, 0.29) is 5.41 Å². The van der Waals surface area contributed by atoms with Crippen LogP contribution in [0.2, 0.25) is 0 Å². The van der Waals surface area contributed by atoms with E-state index in [0.717, 1.165) is 35.2 Å². The van der Waals surface area contributed by atoms with Gasteiger partial charge in [0, 0.05) is 16.7 Å². The highest BCUT2D eigenvalue weighted by molar-refractivity contribution is 5.85. The molecule has 0 unspecified atom stereocenters. The summed E-state index contributed by atoms with van der Waals surface area (Å²) in [5.74, 6) is -0.714. The molecule has 0 bridgehead atoms. The maximum absolute atomic E-state index is 11.4. The van der Waals surface area contributed by atoms with Crippen LogP contribution in [0.3, 0.4) is 0 Å². The van der Waals surface area contributed by atoms with Gasteiger partial charge in [-0.15, -0.1) is 0 Å². The Morgan fingerprint density at radius 3 is 2.33 bits per heavy atom. The number of nitrogens with one attached hydrogen (secondary N) is 1. The molecular weight excluding hydrogens is 264 g/mol. The number of aromatic nitrogens is 2. The highest BCUT2D eigenvalue weighted by atomic mass is 16.4. The second kappa shape index (κ2) is 4.45. The van der Waals surface area contributed by atoms with E-state index in [0.29, 0.717) is 0 Å². The van der Waals surface area contributed by atoms with Crippen molar-refractivity contribution >= 4 is 5.97 Å². The third-order valence-corrected chi connectivity index (χ3v) is 4.30. The molecule has 2 aromatic rings. The Hall–Kier alpha value is -2.10. The molecule has 0 amide bonds. The van der Waals surface area contributed by atoms with E-state index in [4.69, 9.17) is 0 Å². The first kappa shape index (κ1) is 13.9. The monoisotopic (exact) mass is 284 g/mol. The minimum absolute atomic E-state index is 0.0106. The van der Waals surface area contributed by atoms with Crippen molar-refractivity contribution < 1.29 is 9.90 Å². The summed E-state index contributed by atoms with van der Waals surface area (Å²) in [6.07, 6.45) is 3.31. The molecule has 4 nitrogen and oxygen atoms in total. The highest BCUT2D eigenvalue weighted by Crippen LogP contribution is 2.48. The number of benzene rings is 1. The number of aliphatic carboxylic acids is 1. The first-order chi connectivity index (χ1) is 9.84. The molecule has 0 aliphatic heterocycles. The molecule has 1 aromatic carbocycles. The molecule has 0 atom stereocenters. The first-order valence-corrected chi connectivity index (χ1v) is 7.23. The van der Waals surface area contributed by atoms with Gasteiger partial charge in [0.15, 0.2) is 0 Å². The van der Waals surface area contributed by atoms with Gasteiger partial charge in [-0.05, 0) is 24.0 Å². The topological polar surface area (TPSA) is 66.0 Å². The SMILES string of the molecule is CC(C)(C)c1[nH]ncc1-c1ccc(C2(C(=O)O)CC2)cc1. The molecule has 0 spiro atoms. The molecule has 1 saturated carbocycles. The molecule has 0 radical (unpaired) electrons. The van der Waals surface area contributed by atoms with E-state index in [9.17, 15) is 9.90 Å². The van der Waals surface area contributed by atoms with Crippen molar-refractivity contribution in [2.45, 2.75) is 44.4 Å². The summed E-state index contributed by atoms with van der Waals surface area (Å²) in [6.45, 7) is 6.42. The van der Waals surface area contributed by atoms with E-state index in [1.54, 1.807) is 0 Å². The number of carboxylic acid groups (broad SMARTS) is 1. The van der Waals surface area contributed by atoms with Crippen molar-refractivity contribution in [3.05, 3.63) is 41.7 Å². The van der Waals surface area contributed by atoms with Crippen LogP contribution in [-0.4, -0.2) is 21.3 Å². The zero-order valence-electron chi connectivity index (χ0n) is 12.6. The Morgan fingerprint density at radius 1 is 1.24 bits per heavy atom. The number of rotatable bonds is 3. The number of hydrogen-bond donors (Lipinski definition) is 2. The summed E-state index contributed by atoms with van der Waals surface area (Å²) >= 11 is 0. The highest BCUT2D eigenvalue weighted by Gasteiger charge is 2.51. The Labute approximate surface area is 124 Å². The van der Waals surface area contributed by atoms with E-state index < -0.39 is 11.4 Å². The quantitative estimate of drug-likeness (QED) is 0.906. The van der Waals surface area contributed by atoms with Gasteiger partial charge < -0.3 is 5.11 Å². The number of H-pyrrole nitrogens is 1. The van der Waals surface area contributed by atoms with Gasteiger partial charge >= 0.3 is 5.97 Å². The van der Waals surface area contributed by atoms with Crippen molar-refractivity contribution in [2.75, 3.05) is 0 Å². The third-order valence-electron chi connectivity index (χ3n) is 4.30. The van der Waals surface area contributed by atoms with Gasteiger partial charge in [0.05, 0.1) is 11.6 Å². The summed E-state index contributed by atoms with van der Waals surface area (Å²) < 4.78 is 0. The lowest BCUT2D eigenvalue weighted by atomic mass is 9.87. The van der Waals surface area contributed by atoms with Gasteiger partial charge in [0.1, 0.15) is 0 Å². The first-order valence-electron chi connectivity index (χ1n) is 7.23. The van der Waals surface area contributed by atoms with Crippen molar-refractivity contribution in [1.82, 2.24) is 10.2 Å². The summed E-state index contributed by atoms with van der Waals surface area (Å²) in [4.78, 5) is 11.4. The van der Waals surface area contributed by atoms with Crippen molar-refractivity contribution in [3.63, 3.8) is 0 Å². The minimum atomic E-state index is -0.714. The molecule has 1 aliphatic rings. The molecule has 1 heterocycles. The fraction of sp³-hybridized carbons (Fsp3) is 0.412. The Bertz CT molecular complexity index is 674. The van der Waals surface area contributed by atoms with Crippen LogP contribution >= 0.6 is 0 Å². The molecule has 21 heavy (non-hydrogen) atoms. The lowest BCUT2D eigenvalue weighted by Gasteiger charge is -2.18. The van der Waals surface area contributed by atoms with E-state index in [1.165, 1.54) is 0 Å². The van der Waals surface area contributed by atoms with Crippen LogP contribution in [0.25, 0.3) is 11.1 Å². The molecule has 1 aliphatic carbocycles. The van der Waals surface area contributed by atoms with Gasteiger partial charge in [-0.2, -0.15) is 5.10 Å². The molecule has 0 saturated heterocycles.